The first-order valence-electron chi connectivity index (χ1n) is 20.5. The molecule has 0 saturated heterocycles. The number of para-hydroxylation sites is 2. The Morgan fingerprint density at radius 1 is 0.443 bits per heavy atom. The maximum atomic E-state index is 9.55. The number of hydrogen-bond acceptors (Lipinski definition) is 5. The molecule has 11 rings (SSSR count). The van der Waals surface area contributed by atoms with Gasteiger partial charge in [-0.05, 0) is 104 Å². The van der Waals surface area contributed by atoms with Crippen molar-refractivity contribution in [3.05, 3.63) is 199 Å². The maximum Gasteiger partial charge on any atom is 0.164 e. The Morgan fingerprint density at radius 3 is 1.80 bits per heavy atom. The molecule has 0 fully saturated rings. The van der Waals surface area contributed by atoms with Crippen LogP contribution in [0.5, 0.6) is 0 Å². The van der Waals surface area contributed by atoms with Crippen LogP contribution in [-0.2, 0) is 6.42 Å². The Balaban J connectivity index is 0.985. The third-order valence-corrected chi connectivity index (χ3v) is 11.6. The predicted molar refractivity (Wildman–Crippen MR) is 248 cm³/mol. The molecule has 0 saturated carbocycles. The first-order chi connectivity index (χ1) is 30.1. The summed E-state index contributed by atoms with van der Waals surface area (Å²) in [5.74, 6) is 2.81. The van der Waals surface area contributed by atoms with E-state index in [2.05, 4.69) is 139 Å². The summed E-state index contributed by atoms with van der Waals surface area (Å²) in [7, 11) is 0. The van der Waals surface area contributed by atoms with Gasteiger partial charge >= 0.3 is 0 Å². The molecule has 61 heavy (non-hydrogen) atoms. The molecule has 6 heteroatoms. The second kappa shape index (κ2) is 14.8. The average molecular weight is 781 g/mol. The Kier molecular flexibility index (Phi) is 8.72. The zero-order valence-electron chi connectivity index (χ0n) is 33.3. The molecule has 0 spiro atoms. The molecule has 2 aromatic heterocycles. The molecule has 6 nitrogen and oxygen atoms in total. The van der Waals surface area contributed by atoms with Crippen molar-refractivity contribution in [2.75, 3.05) is 0 Å². The number of rotatable bonds is 7. The van der Waals surface area contributed by atoms with Gasteiger partial charge in [0.05, 0.1) is 28.4 Å². The highest BCUT2D eigenvalue weighted by atomic mass is 15.1. The summed E-state index contributed by atoms with van der Waals surface area (Å²) in [6.07, 6.45) is 0.836. The lowest BCUT2D eigenvalue weighted by molar-refractivity contribution is 0.913. The summed E-state index contributed by atoms with van der Waals surface area (Å²) < 4.78 is 2.32. The highest BCUT2D eigenvalue weighted by Crippen LogP contribution is 2.37. The summed E-state index contributed by atoms with van der Waals surface area (Å²) in [6.45, 7) is 2.17. The van der Waals surface area contributed by atoms with Crippen molar-refractivity contribution < 1.29 is 0 Å². The van der Waals surface area contributed by atoms with Crippen molar-refractivity contribution in [2.24, 2.45) is 0 Å². The normalized spacial score (nSPS) is 11.4. The van der Waals surface area contributed by atoms with Crippen LogP contribution in [0.4, 0.5) is 0 Å². The third-order valence-electron chi connectivity index (χ3n) is 11.6. The number of aromatic nitrogens is 5. The van der Waals surface area contributed by atoms with Crippen LogP contribution in [0.3, 0.4) is 0 Å². The quantitative estimate of drug-likeness (QED) is 0.161. The second-order valence-electron chi connectivity index (χ2n) is 15.3. The van der Waals surface area contributed by atoms with Gasteiger partial charge in [-0.15, -0.1) is 0 Å². The molecule has 0 radical (unpaired) electrons. The molecule has 0 aliphatic rings. The highest BCUT2D eigenvalue weighted by Gasteiger charge is 2.17. The van der Waals surface area contributed by atoms with Gasteiger partial charge in [0.1, 0.15) is 5.82 Å². The zero-order chi connectivity index (χ0) is 40.9. The zero-order valence-corrected chi connectivity index (χ0v) is 33.3. The summed E-state index contributed by atoms with van der Waals surface area (Å²) in [5.41, 5.74) is 11.1. The second-order valence-corrected chi connectivity index (χ2v) is 15.3. The smallest absolute Gasteiger partial charge is 0.164 e. The lowest BCUT2D eigenvalue weighted by Gasteiger charge is -2.15. The summed E-state index contributed by atoms with van der Waals surface area (Å²) in [4.78, 5) is 20.0. The van der Waals surface area contributed by atoms with Crippen LogP contribution in [-0.4, -0.2) is 24.5 Å². The van der Waals surface area contributed by atoms with Gasteiger partial charge in [0.15, 0.2) is 17.5 Å². The fourth-order valence-electron chi connectivity index (χ4n) is 8.55. The van der Waals surface area contributed by atoms with Crippen LogP contribution in [0.2, 0.25) is 0 Å². The van der Waals surface area contributed by atoms with E-state index in [1.54, 1.807) is 0 Å². The first kappa shape index (κ1) is 35.9. The maximum absolute atomic E-state index is 9.55. The minimum Gasteiger partial charge on any atom is -0.296 e. The number of benzene rings is 9. The van der Waals surface area contributed by atoms with E-state index < -0.39 is 0 Å². The third kappa shape index (κ3) is 6.46. The topological polar surface area (TPSA) is 80.3 Å². The number of aryl methyl sites for hydroxylation is 1. The Labute approximate surface area is 352 Å². The number of hydrogen-bond donors (Lipinski definition) is 0. The van der Waals surface area contributed by atoms with E-state index in [-0.39, 0.29) is 0 Å². The predicted octanol–water partition coefficient (Wildman–Crippen LogP) is 13.4. The van der Waals surface area contributed by atoms with Gasteiger partial charge < -0.3 is 0 Å². The Bertz CT molecular complexity index is 3540. The minimum atomic E-state index is 0.571. The lowest BCUT2D eigenvalue weighted by atomic mass is 9.94. The van der Waals surface area contributed by atoms with Gasteiger partial charge in [0, 0.05) is 28.5 Å². The molecular weight excluding hydrogens is 745 g/mol. The molecule has 11 aromatic rings. The molecular formula is C55H36N6. The van der Waals surface area contributed by atoms with E-state index in [9.17, 15) is 5.26 Å². The molecule has 0 atom stereocenters. The highest BCUT2D eigenvalue weighted by molar-refractivity contribution is 6.04. The standard InChI is InChI=1S/C55H36N6/c1-2-52-57-49-17-8-9-18-51(49)61(52)50-28-27-46(47-15-6-7-16-48(47)50)41-25-22-37-21-24-40(31-45(37)32-41)39-13-10-14-42(30-39)54-58-53(38-11-4-3-5-12-38)59-55(60-54)43-26-23-36-20-19-35(34-56)29-44(36)33-43/h3-33H,2H2,1H3. The first-order valence-corrected chi connectivity index (χ1v) is 20.5. The van der Waals surface area contributed by atoms with Crippen LogP contribution in [0.1, 0.15) is 18.3 Å². The van der Waals surface area contributed by atoms with Gasteiger partial charge in [-0.3, -0.25) is 4.57 Å². The molecule has 286 valence electrons. The molecule has 0 aliphatic carbocycles. The van der Waals surface area contributed by atoms with Gasteiger partial charge in [-0.25, -0.2) is 19.9 Å². The van der Waals surface area contributed by atoms with E-state index in [0.717, 1.165) is 78.5 Å². The SMILES string of the molecule is CCc1nc2ccccc2n1-c1ccc(-c2ccc3ccc(-c4cccc(-c5nc(-c6ccccc6)nc(-c6ccc7ccc(C#N)cc7c6)n5)c4)cc3c2)c2ccccc12. The van der Waals surface area contributed by atoms with Crippen molar-refractivity contribution in [1.82, 2.24) is 24.5 Å². The van der Waals surface area contributed by atoms with E-state index in [1.165, 1.54) is 21.7 Å². The van der Waals surface area contributed by atoms with E-state index in [4.69, 9.17) is 19.9 Å². The van der Waals surface area contributed by atoms with E-state index >= 15 is 0 Å². The molecule has 9 aromatic carbocycles. The van der Waals surface area contributed by atoms with Crippen molar-refractivity contribution in [2.45, 2.75) is 13.3 Å². The van der Waals surface area contributed by atoms with Crippen LogP contribution < -0.4 is 0 Å². The van der Waals surface area contributed by atoms with Crippen LogP contribution in [0.25, 0.3) is 105 Å². The number of nitriles is 1. The van der Waals surface area contributed by atoms with E-state index in [1.807, 2.05) is 66.7 Å². The molecule has 0 bridgehead atoms. The number of fused-ring (bicyclic) bond motifs is 4. The minimum absolute atomic E-state index is 0.571. The van der Waals surface area contributed by atoms with Crippen LogP contribution in [0, 0.1) is 11.3 Å². The molecule has 0 amide bonds. The molecule has 2 heterocycles. The molecule has 0 unspecified atom stereocenters. The molecule has 0 N–H and O–H groups in total. The number of nitrogens with zero attached hydrogens (tertiary/aromatic N) is 6. The van der Waals surface area contributed by atoms with Crippen molar-refractivity contribution in [3.8, 4) is 68.2 Å². The summed E-state index contributed by atoms with van der Waals surface area (Å²) in [6, 6.07) is 67.5. The summed E-state index contributed by atoms with van der Waals surface area (Å²) in [5, 5.41) is 16.3. The van der Waals surface area contributed by atoms with Gasteiger partial charge in [-0.1, -0.05) is 140 Å². The van der Waals surface area contributed by atoms with Crippen molar-refractivity contribution >= 4 is 43.4 Å². The monoisotopic (exact) mass is 780 g/mol. The van der Waals surface area contributed by atoms with Gasteiger partial charge in [0.25, 0.3) is 0 Å². The largest absolute Gasteiger partial charge is 0.296 e. The van der Waals surface area contributed by atoms with Crippen molar-refractivity contribution in [3.63, 3.8) is 0 Å². The lowest BCUT2D eigenvalue weighted by Crippen LogP contribution is -2.01. The van der Waals surface area contributed by atoms with Crippen LogP contribution in [0.15, 0.2) is 188 Å². The van der Waals surface area contributed by atoms with Crippen molar-refractivity contribution in [1.29, 1.82) is 5.26 Å². The Morgan fingerprint density at radius 2 is 1.02 bits per heavy atom. The molecule has 0 aliphatic heterocycles. The fraction of sp³-hybridized carbons (Fsp3) is 0.0364. The average Bonchev–Trinajstić information content (AvgIpc) is 3.71. The van der Waals surface area contributed by atoms with Crippen LogP contribution >= 0.6 is 0 Å². The van der Waals surface area contributed by atoms with E-state index in [0.29, 0.717) is 23.0 Å². The van der Waals surface area contributed by atoms with Gasteiger partial charge in [-0.2, -0.15) is 5.26 Å². The summed E-state index contributed by atoms with van der Waals surface area (Å²) >= 11 is 0. The van der Waals surface area contributed by atoms with Gasteiger partial charge in [0.2, 0.25) is 0 Å². The number of imidazole rings is 1. The Hall–Kier alpha value is -8.27. The fourth-order valence-corrected chi connectivity index (χ4v) is 8.55.